The van der Waals surface area contributed by atoms with E-state index >= 15 is 0 Å². The predicted molar refractivity (Wildman–Crippen MR) is 243 cm³/mol. The molecule has 4 heteroatoms. The van der Waals surface area contributed by atoms with Gasteiger partial charge >= 0.3 is 0 Å². The monoisotopic (exact) mass is 746 g/mol. The van der Waals surface area contributed by atoms with Gasteiger partial charge in [-0.1, -0.05) is 121 Å². The first kappa shape index (κ1) is 36.1. The fourth-order valence-corrected chi connectivity index (χ4v) is 7.63. The van der Waals surface area contributed by atoms with Crippen molar-refractivity contribution in [1.29, 1.82) is 0 Å². The van der Waals surface area contributed by atoms with Gasteiger partial charge in [0.15, 0.2) is 0 Å². The van der Waals surface area contributed by atoms with Crippen LogP contribution in [0.4, 0.5) is 34.1 Å². The highest BCUT2D eigenvalue weighted by molar-refractivity contribution is 5.85. The molecule has 0 aliphatic rings. The van der Waals surface area contributed by atoms with Gasteiger partial charge in [-0.05, 0) is 132 Å². The standard InChI is InChI=1S/C54H42N4/c1-39-37-55-53(35-51(39)41-17-7-3-8-18-41)43-21-15-27-49(33-43)58(48-31-29-47(30-32-48)57(45-23-11-5-12-24-45)46-25-13-6-14-26-46)50-28-16-22-44(34-50)54-36-52(40(2)38-56-54)42-19-9-4-10-20-42/h3-38H,1-2H3. The van der Waals surface area contributed by atoms with E-state index in [-0.39, 0.29) is 0 Å². The van der Waals surface area contributed by atoms with Gasteiger partial charge in [-0.3, -0.25) is 9.97 Å². The van der Waals surface area contributed by atoms with Gasteiger partial charge in [0.2, 0.25) is 0 Å². The number of hydrogen-bond donors (Lipinski definition) is 0. The van der Waals surface area contributed by atoms with Gasteiger partial charge in [0.25, 0.3) is 0 Å². The summed E-state index contributed by atoms with van der Waals surface area (Å²) in [4.78, 5) is 14.5. The molecular weight excluding hydrogens is 705 g/mol. The minimum atomic E-state index is 0.925. The first-order valence-electron chi connectivity index (χ1n) is 19.6. The van der Waals surface area contributed by atoms with Crippen LogP contribution in [0.2, 0.25) is 0 Å². The zero-order chi connectivity index (χ0) is 39.3. The summed E-state index contributed by atoms with van der Waals surface area (Å²) in [7, 11) is 0. The molecular formula is C54H42N4. The maximum Gasteiger partial charge on any atom is 0.0709 e. The minimum Gasteiger partial charge on any atom is -0.311 e. The molecule has 0 unspecified atom stereocenters. The number of hydrogen-bond acceptors (Lipinski definition) is 4. The van der Waals surface area contributed by atoms with Crippen molar-refractivity contribution in [3.8, 4) is 44.8 Å². The van der Waals surface area contributed by atoms with Crippen LogP contribution >= 0.6 is 0 Å². The van der Waals surface area contributed by atoms with Crippen molar-refractivity contribution >= 4 is 34.1 Å². The smallest absolute Gasteiger partial charge is 0.0709 e. The average Bonchev–Trinajstić information content (AvgIpc) is 3.29. The molecule has 0 fully saturated rings. The van der Waals surface area contributed by atoms with Gasteiger partial charge in [0.1, 0.15) is 0 Å². The zero-order valence-electron chi connectivity index (χ0n) is 32.6. The number of anilines is 6. The van der Waals surface area contributed by atoms with E-state index in [1.54, 1.807) is 0 Å². The van der Waals surface area contributed by atoms with Gasteiger partial charge < -0.3 is 9.80 Å². The van der Waals surface area contributed by atoms with Crippen LogP contribution in [0.1, 0.15) is 11.1 Å². The Morgan fingerprint density at radius 2 is 0.603 bits per heavy atom. The predicted octanol–water partition coefficient (Wildman–Crippen LogP) is 14.7. The highest BCUT2D eigenvalue weighted by Crippen LogP contribution is 2.41. The lowest BCUT2D eigenvalue weighted by molar-refractivity contribution is 1.24. The lowest BCUT2D eigenvalue weighted by atomic mass is 9.99. The van der Waals surface area contributed by atoms with Crippen LogP contribution in [0.3, 0.4) is 0 Å². The van der Waals surface area contributed by atoms with Gasteiger partial charge in [-0.15, -0.1) is 0 Å². The Hall–Kier alpha value is -7.56. The molecule has 58 heavy (non-hydrogen) atoms. The van der Waals surface area contributed by atoms with Crippen molar-refractivity contribution in [3.05, 3.63) is 230 Å². The largest absolute Gasteiger partial charge is 0.311 e. The second-order valence-corrected chi connectivity index (χ2v) is 14.5. The van der Waals surface area contributed by atoms with E-state index in [2.05, 4.69) is 230 Å². The average molecular weight is 747 g/mol. The van der Waals surface area contributed by atoms with E-state index in [0.717, 1.165) is 67.8 Å². The number of pyridine rings is 2. The number of aryl methyl sites for hydroxylation is 2. The van der Waals surface area contributed by atoms with Crippen LogP contribution in [0.15, 0.2) is 219 Å². The summed E-state index contributed by atoms with van der Waals surface area (Å²) < 4.78 is 0. The summed E-state index contributed by atoms with van der Waals surface area (Å²) in [5, 5.41) is 0. The van der Waals surface area contributed by atoms with Crippen LogP contribution in [-0.2, 0) is 0 Å². The highest BCUT2D eigenvalue weighted by atomic mass is 15.2. The van der Waals surface area contributed by atoms with Gasteiger partial charge in [0, 0.05) is 57.6 Å². The number of aromatic nitrogens is 2. The quantitative estimate of drug-likeness (QED) is 0.139. The lowest BCUT2D eigenvalue weighted by Crippen LogP contribution is -2.12. The molecule has 9 aromatic rings. The third kappa shape index (κ3) is 7.52. The minimum absolute atomic E-state index is 0.925. The topological polar surface area (TPSA) is 32.3 Å². The Balaban J connectivity index is 1.16. The fourth-order valence-electron chi connectivity index (χ4n) is 7.63. The van der Waals surface area contributed by atoms with Crippen LogP contribution in [0, 0.1) is 13.8 Å². The first-order valence-corrected chi connectivity index (χ1v) is 19.6. The second-order valence-electron chi connectivity index (χ2n) is 14.5. The van der Waals surface area contributed by atoms with E-state index in [1.807, 2.05) is 12.4 Å². The maximum absolute atomic E-state index is 4.93. The molecule has 2 aromatic heterocycles. The first-order chi connectivity index (χ1) is 28.6. The SMILES string of the molecule is Cc1cnc(-c2cccc(N(c3ccc(N(c4ccccc4)c4ccccc4)cc3)c3cccc(-c4cc(-c5ccccc5)c(C)cn4)c3)c2)cc1-c1ccccc1. The zero-order valence-corrected chi connectivity index (χ0v) is 32.6. The number of para-hydroxylation sites is 2. The van der Waals surface area contributed by atoms with Crippen LogP contribution < -0.4 is 9.80 Å². The molecule has 278 valence electrons. The van der Waals surface area contributed by atoms with Crippen molar-refractivity contribution in [1.82, 2.24) is 9.97 Å². The molecule has 0 bridgehead atoms. The van der Waals surface area contributed by atoms with E-state index in [1.165, 1.54) is 22.3 Å². The molecule has 0 radical (unpaired) electrons. The Morgan fingerprint density at radius 3 is 1.00 bits per heavy atom. The molecule has 0 N–H and O–H groups in total. The lowest BCUT2D eigenvalue weighted by Gasteiger charge is -2.29. The normalized spacial score (nSPS) is 10.9. The Kier molecular flexibility index (Phi) is 10.1. The van der Waals surface area contributed by atoms with Crippen LogP contribution in [0.25, 0.3) is 44.8 Å². The summed E-state index contributed by atoms with van der Waals surface area (Å²) in [5.74, 6) is 0. The molecule has 0 saturated heterocycles. The molecule has 0 spiro atoms. The molecule has 7 aromatic carbocycles. The number of rotatable bonds is 10. The Morgan fingerprint density at radius 1 is 0.293 bits per heavy atom. The molecule has 0 atom stereocenters. The fraction of sp³-hybridized carbons (Fsp3) is 0.0370. The van der Waals surface area contributed by atoms with Gasteiger partial charge in [-0.2, -0.15) is 0 Å². The molecule has 9 rings (SSSR count). The summed E-state index contributed by atoms with van der Waals surface area (Å²) in [6.45, 7) is 4.24. The van der Waals surface area contributed by atoms with E-state index in [0.29, 0.717) is 0 Å². The molecule has 0 amide bonds. The van der Waals surface area contributed by atoms with Gasteiger partial charge in [0.05, 0.1) is 11.4 Å². The van der Waals surface area contributed by atoms with Crippen molar-refractivity contribution in [2.75, 3.05) is 9.80 Å². The maximum atomic E-state index is 4.93. The van der Waals surface area contributed by atoms with Gasteiger partial charge in [-0.25, -0.2) is 0 Å². The van der Waals surface area contributed by atoms with Crippen molar-refractivity contribution in [2.24, 2.45) is 0 Å². The highest BCUT2D eigenvalue weighted by Gasteiger charge is 2.18. The molecule has 0 saturated carbocycles. The third-order valence-corrected chi connectivity index (χ3v) is 10.6. The van der Waals surface area contributed by atoms with Crippen LogP contribution in [-0.4, -0.2) is 9.97 Å². The van der Waals surface area contributed by atoms with Crippen LogP contribution in [0.5, 0.6) is 0 Å². The number of nitrogens with zero attached hydrogens (tertiary/aromatic N) is 4. The molecule has 2 heterocycles. The van der Waals surface area contributed by atoms with E-state index < -0.39 is 0 Å². The summed E-state index contributed by atoms with van der Waals surface area (Å²) in [6.07, 6.45) is 3.96. The summed E-state index contributed by atoms with van der Waals surface area (Å²) in [6, 6.07) is 72.7. The molecule has 4 nitrogen and oxygen atoms in total. The van der Waals surface area contributed by atoms with E-state index in [9.17, 15) is 0 Å². The molecule has 0 aliphatic heterocycles. The summed E-state index contributed by atoms with van der Waals surface area (Å²) >= 11 is 0. The Labute approximate surface area is 341 Å². The third-order valence-electron chi connectivity index (χ3n) is 10.6. The summed E-state index contributed by atoms with van der Waals surface area (Å²) in [5.41, 5.74) is 17.3. The number of benzene rings is 7. The molecule has 0 aliphatic carbocycles. The van der Waals surface area contributed by atoms with Crippen molar-refractivity contribution in [2.45, 2.75) is 13.8 Å². The second kappa shape index (κ2) is 16.3. The van der Waals surface area contributed by atoms with Crippen molar-refractivity contribution in [3.63, 3.8) is 0 Å². The van der Waals surface area contributed by atoms with E-state index in [4.69, 9.17) is 9.97 Å². The van der Waals surface area contributed by atoms with Crippen molar-refractivity contribution < 1.29 is 0 Å². The Bertz CT molecular complexity index is 2610.